The fourth-order valence-corrected chi connectivity index (χ4v) is 7.61. The van der Waals surface area contributed by atoms with E-state index < -0.39 is 33.9 Å². The number of alkyl halides is 2. The van der Waals surface area contributed by atoms with Crippen molar-refractivity contribution in [2.75, 3.05) is 6.61 Å². The molecule has 9 heteroatoms. The Balaban J connectivity index is 0.000000178. The van der Waals surface area contributed by atoms with Gasteiger partial charge in [0.15, 0.2) is 21.3 Å². The van der Waals surface area contributed by atoms with Gasteiger partial charge in [0.05, 0.1) is 16.8 Å². The molecule has 202 valence electrons. The van der Waals surface area contributed by atoms with Crippen LogP contribution >= 0.6 is 0 Å². The van der Waals surface area contributed by atoms with Gasteiger partial charge in [-0.15, -0.1) is 0 Å². The summed E-state index contributed by atoms with van der Waals surface area (Å²) in [5.74, 6) is -0.567. The van der Waals surface area contributed by atoms with Crippen LogP contribution in [0.4, 0.5) is 8.78 Å². The first-order valence-corrected chi connectivity index (χ1v) is 15.1. The van der Waals surface area contributed by atoms with Gasteiger partial charge in [-0.2, -0.15) is 17.2 Å². The third kappa shape index (κ3) is 6.62. The lowest BCUT2D eigenvalue weighted by molar-refractivity contribution is -0.156. The minimum Gasteiger partial charge on any atom is -0.458 e. The normalized spacial score (nSPS) is 20.6. The van der Waals surface area contributed by atoms with Crippen molar-refractivity contribution < 1.29 is 31.3 Å². The molecule has 0 aliphatic heterocycles. The Labute approximate surface area is 225 Å². The van der Waals surface area contributed by atoms with E-state index in [-0.39, 0.29) is 16.8 Å². The van der Waals surface area contributed by atoms with E-state index in [1.165, 1.54) is 20.2 Å². The van der Waals surface area contributed by atoms with Crippen LogP contribution in [-0.2, 0) is 30.5 Å². The molecule has 0 radical (unpaired) electrons. The summed E-state index contributed by atoms with van der Waals surface area (Å²) >= 11 is 0. The number of aryl methyl sites for hydroxylation is 1. The van der Waals surface area contributed by atoms with Gasteiger partial charge >= 0.3 is 21.3 Å². The maximum absolute atomic E-state index is 12.9. The Morgan fingerprint density at radius 1 is 0.921 bits per heavy atom. The second kappa shape index (κ2) is 12.0. The van der Waals surface area contributed by atoms with E-state index in [1.807, 2.05) is 0 Å². The lowest BCUT2D eigenvalue weighted by Crippen LogP contribution is -2.36. The van der Waals surface area contributed by atoms with Crippen molar-refractivity contribution in [2.45, 2.75) is 52.5 Å². The summed E-state index contributed by atoms with van der Waals surface area (Å²) in [5.41, 5.74) is 1.35. The van der Waals surface area contributed by atoms with Gasteiger partial charge in [0.1, 0.15) is 0 Å². The minimum atomic E-state index is -5.54. The molecule has 3 atom stereocenters. The molecule has 2 aliphatic carbocycles. The van der Waals surface area contributed by atoms with E-state index >= 15 is 0 Å². The summed E-state index contributed by atoms with van der Waals surface area (Å²) in [6.07, 6.45) is 3.48. The molecule has 2 saturated carbocycles. The van der Waals surface area contributed by atoms with E-state index in [1.54, 1.807) is 0 Å². The average molecular weight is 562 g/mol. The van der Waals surface area contributed by atoms with Gasteiger partial charge in [0, 0.05) is 5.56 Å². The molecule has 38 heavy (non-hydrogen) atoms. The number of carbonyl (C=O) groups is 1. The van der Waals surface area contributed by atoms with Gasteiger partial charge in [-0.25, -0.2) is 0 Å². The van der Waals surface area contributed by atoms with Gasteiger partial charge in [-0.3, -0.25) is 9.35 Å². The number of rotatable bonds is 7. The zero-order valence-electron chi connectivity index (χ0n) is 21.0. The van der Waals surface area contributed by atoms with E-state index in [2.05, 4.69) is 96.6 Å². The Kier molecular flexibility index (Phi) is 8.90. The zero-order chi connectivity index (χ0) is 27.3. The topological polar surface area (TPSA) is 80.7 Å². The summed E-state index contributed by atoms with van der Waals surface area (Å²) in [6, 6.07) is 30.2. The molecule has 2 fully saturated rings. The largest absolute Gasteiger partial charge is 0.458 e. The maximum Gasteiger partial charge on any atom is 0.402 e. The van der Waals surface area contributed by atoms with Crippen LogP contribution in [0.3, 0.4) is 0 Å². The summed E-state index contributed by atoms with van der Waals surface area (Å²) in [7, 11) is -5.57. The van der Waals surface area contributed by atoms with Crippen molar-refractivity contribution in [1.82, 2.24) is 0 Å². The van der Waals surface area contributed by atoms with Crippen molar-refractivity contribution in [3.8, 4) is 0 Å². The maximum atomic E-state index is 12.9. The first-order valence-electron chi connectivity index (χ1n) is 12.5. The van der Waals surface area contributed by atoms with Crippen molar-refractivity contribution in [3.63, 3.8) is 0 Å². The molecule has 1 N–H and O–H groups in total. The molecular weight excluding hydrogens is 530 g/mol. The molecule has 5 rings (SSSR count). The highest BCUT2D eigenvalue weighted by atomic mass is 32.2. The Hall–Kier alpha value is -2.75. The van der Waals surface area contributed by atoms with E-state index in [0.717, 1.165) is 19.3 Å². The Morgan fingerprint density at radius 3 is 1.95 bits per heavy atom. The number of hydrogen-bond donors (Lipinski definition) is 1. The van der Waals surface area contributed by atoms with E-state index in [0.29, 0.717) is 12.3 Å². The third-order valence-electron chi connectivity index (χ3n) is 7.07. The molecule has 0 saturated heterocycles. The fraction of sp³-hybridized carbons (Fsp3) is 0.345. The second-order valence-corrected chi connectivity index (χ2v) is 13.2. The predicted molar refractivity (Wildman–Crippen MR) is 143 cm³/mol. The van der Waals surface area contributed by atoms with Crippen LogP contribution in [0.1, 0.15) is 31.2 Å². The molecule has 0 spiro atoms. The summed E-state index contributed by atoms with van der Waals surface area (Å²) < 4.78 is 59.0. The highest BCUT2D eigenvalue weighted by molar-refractivity contribution is 7.97. The SMILES string of the molecule is Cc1ccccc1[S+](c1ccccc1)c1ccccc1.O=C(OCC(F)(F)S(=O)(=O)O)C1CC2CCC1C2. The van der Waals surface area contributed by atoms with Crippen LogP contribution in [0.15, 0.2) is 99.6 Å². The smallest absolute Gasteiger partial charge is 0.402 e. The monoisotopic (exact) mass is 561 g/mol. The van der Waals surface area contributed by atoms with Gasteiger partial charge in [0.2, 0.25) is 0 Å². The molecular formula is C29H31F2O5S2+. The molecule has 5 nitrogen and oxygen atoms in total. The Bertz CT molecular complexity index is 1290. The molecule has 0 amide bonds. The molecule has 2 aliphatic rings. The van der Waals surface area contributed by atoms with Gasteiger partial charge in [-0.1, -0.05) is 61.0 Å². The first-order chi connectivity index (χ1) is 18.1. The third-order valence-corrected chi connectivity index (χ3v) is 10.3. The molecule has 0 heterocycles. The van der Waals surface area contributed by atoms with E-state index in [9.17, 15) is 22.0 Å². The molecule has 2 bridgehead atoms. The molecule has 3 aromatic carbocycles. The minimum absolute atomic E-state index is 0.0262. The number of fused-ring (bicyclic) bond motifs is 2. The molecule has 0 aromatic heterocycles. The Morgan fingerprint density at radius 2 is 1.47 bits per heavy atom. The van der Waals surface area contributed by atoms with Crippen LogP contribution < -0.4 is 0 Å². The van der Waals surface area contributed by atoms with Crippen LogP contribution in [0, 0.1) is 24.7 Å². The standard InChI is InChI=1S/C19H17S.C10H14F2O5S/c1-16-10-8-9-15-19(16)20(17-11-4-2-5-12-17)18-13-6-3-7-14-18;11-10(12,18(14,15)16)5-17-9(13)8-4-6-1-2-7(8)3-6/h2-15H,1H3;6-8H,1-5H2,(H,14,15,16)/q+1;. The zero-order valence-corrected chi connectivity index (χ0v) is 22.6. The first kappa shape index (κ1) is 28.3. The number of ether oxygens (including phenoxy) is 1. The average Bonchev–Trinajstić information content (AvgIpc) is 3.54. The van der Waals surface area contributed by atoms with Gasteiger partial charge in [0.25, 0.3) is 0 Å². The van der Waals surface area contributed by atoms with Crippen molar-refractivity contribution in [2.24, 2.45) is 17.8 Å². The highest BCUT2D eigenvalue weighted by Gasteiger charge is 2.48. The quantitative estimate of drug-likeness (QED) is 0.201. The molecule has 3 unspecified atom stereocenters. The van der Waals surface area contributed by atoms with Gasteiger partial charge < -0.3 is 4.74 Å². The predicted octanol–water partition coefficient (Wildman–Crippen LogP) is 6.54. The lowest BCUT2D eigenvalue weighted by Gasteiger charge is -2.21. The van der Waals surface area contributed by atoms with Crippen LogP contribution in [0.5, 0.6) is 0 Å². The molecule has 3 aromatic rings. The van der Waals surface area contributed by atoms with Crippen LogP contribution in [0.2, 0.25) is 0 Å². The second-order valence-electron chi connectivity index (χ2n) is 9.70. The number of carbonyl (C=O) groups excluding carboxylic acids is 1. The van der Waals surface area contributed by atoms with Crippen LogP contribution in [-0.4, -0.2) is 30.8 Å². The summed E-state index contributed by atoms with van der Waals surface area (Å²) in [4.78, 5) is 15.7. The summed E-state index contributed by atoms with van der Waals surface area (Å²) in [5, 5.41) is -4.44. The van der Waals surface area contributed by atoms with Gasteiger partial charge in [-0.05, 0) is 68.4 Å². The fourth-order valence-electron chi connectivity index (χ4n) is 5.16. The van der Waals surface area contributed by atoms with Crippen molar-refractivity contribution >= 4 is 27.0 Å². The number of hydrogen-bond acceptors (Lipinski definition) is 4. The summed E-state index contributed by atoms with van der Waals surface area (Å²) in [6.45, 7) is 0.569. The number of halogens is 2. The van der Waals surface area contributed by atoms with Crippen molar-refractivity contribution in [1.29, 1.82) is 0 Å². The van der Waals surface area contributed by atoms with E-state index in [4.69, 9.17) is 4.55 Å². The lowest BCUT2D eigenvalue weighted by atomic mass is 9.89. The van der Waals surface area contributed by atoms with Crippen LogP contribution in [0.25, 0.3) is 0 Å². The highest BCUT2D eigenvalue weighted by Crippen LogP contribution is 2.48. The number of esters is 1. The van der Waals surface area contributed by atoms with Crippen molar-refractivity contribution in [3.05, 3.63) is 90.5 Å². The number of benzene rings is 3.